The van der Waals surface area contributed by atoms with E-state index < -0.39 is 30.1 Å². The minimum absolute atomic E-state index is 0.0852. The number of ether oxygens (including phenoxy) is 3. The van der Waals surface area contributed by atoms with Gasteiger partial charge in [-0.3, -0.25) is 9.59 Å². The Labute approximate surface area is 171 Å². The lowest BCUT2D eigenvalue weighted by Crippen LogP contribution is -2.30. The number of hydrogen-bond acceptors (Lipinski definition) is 7. The molecule has 0 aromatic rings. The van der Waals surface area contributed by atoms with Gasteiger partial charge in [0.05, 0.1) is 17.9 Å². The lowest BCUT2D eigenvalue weighted by molar-refractivity contribution is -0.147. The molecule has 0 spiro atoms. The minimum atomic E-state index is -0.920. The summed E-state index contributed by atoms with van der Waals surface area (Å²) >= 11 is 0. The van der Waals surface area contributed by atoms with Crippen LogP contribution in [0.4, 0.5) is 0 Å². The van der Waals surface area contributed by atoms with E-state index in [0.29, 0.717) is 19.3 Å². The summed E-state index contributed by atoms with van der Waals surface area (Å²) in [6, 6.07) is 0. The maximum Gasteiger partial charge on any atom is 0.334 e. The van der Waals surface area contributed by atoms with Crippen LogP contribution in [0.1, 0.15) is 46.5 Å². The minimum Gasteiger partial charge on any atom is -0.461 e. The first-order valence-corrected chi connectivity index (χ1v) is 9.98. The summed E-state index contributed by atoms with van der Waals surface area (Å²) in [7, 11) is 0. The van der Waals surface area contributed by atoms with Crippen LogP contribution in [0.15, 0.2) is 35.5 Å². The Morgan fingerprint density at radius 2 is 2.00 bits per heavy atom. The molecule has 4 atom stereocenters. The molecule has 7 nitrogen and oxygen atoms in total. The molecular weight excluding hydrogens is 376 g/mol. The summed E-state index contributed by atoms with van der Waals surface area (Å²) in [6.07, 6.45) is 4.21. The maximum absolute atomic E-state index is 12.0. The molecule has 7 heteroatoms. The Morgan fingerprint density at radius 1 is 1.31 bits per heavy atom. The second kappa shape index (κ2) is 10.4. The van der Waals surface area contributed by atoms with Gasteiger partial charge in [0.2, 0.25) is 0 Å². The third kappa shape index (κ3) is 6.29. The zero-order valence-corrected chi connectivity index (χ0v) is 17.3. The van der Waals surface area contributed by atoms with Crippen molar-refractivity contribution in [2.75, 3.05) is 13.2 Å². The molecule has 29 heavy (non-hydrogen) atoms. The molecule has 0 unspecified atom stereocenters. The fourth-order valence-corrected chi connectivity index (χ4v) is 3.36. The molecule has 2 aliphatic rings. The van der Waals surface area contributed by atoms with Crippen molar-refractivity contribution in [2.45, 2.75) is 58.7 Å². The first kappa shape index (κ1) is 22.9. The molecule has 0 aromatic heterocycles. The quantitative estimate of drug-likeness (QED) is 0.313. The predicted molar refractivity (Wildman–Crippen MR) is 106 cm³/mol. The van der Waals surface area contributed by atoms with Crippen molar-refractivity contribution in [1.29, 1.82) is 0 Å². The van der Waals surface area contributed by atoms with Gasteiger partial charge in [-0.2, -0.15) is 0 Å². The van der Waals surface area contributed by atoms with E-state index in [9.17, 15) is 19.5 Å². The molecule has 1 saturated heterocycles. The molecule has 0 bridgehead atoms. The zero-order chi connectivity index (χ0) is 21.6. The van der Waals surface area contributed by atoms with Gasteiger partial charge in [-0.25, -0.2) is 4.79 Å². The highest BCUT2D eigenvalue weighted by molar-refractivity contribution is 5.91. The van der Waals surface area contributed by atoms with E-state index in [-0.39, 0.29) is 37.1 Å². The summed E-state index contributed by atoms with van der Waals surface area (Å²) in [5.74, 6) is -2.03. The van der Waals surface area contributed by atoms with E-state index in [1.54, 1.807) is 13.0 Å². The summed E-state index contributed by atoms with van der Waals surface area (Å²) in [4.78, 5) is 35.2. The number of carbonyl (C=O) groups excluding carboxylic acids is 3. The van der Waals surface area contributed by atoms with Gasteiger partial charge in [0.15, 0.2) is 0 Å². The Kier molecular flexibility index (Phi) is 8.20. The third-order valence-corrected chi connectivity index (χ3v) is 5.32. The first-order valence-electron chi connectivity index (χ1n) is 9.98. The van der Waals surface area contributed by atoms with E-state index in [1.807, 2.05) is 13.0 Å². The van der Waals surface area contributed by atoms with Crippen LogP contribution in [0.25, 0.3) is 0 Å². The smallest absolute Gasteiger partial charge is 0.334 e. The van der Waals surface area contributed by atoms with Crippen molar-refractivity contribution in [3.05, 3.63) is 35.5 Å². The Balaban J connectivity index is 2.20. The highest BCUT2D eigenvalue weighted by atomic mass is 16.6. The summed E-state index contributed by atoms with van der Waals surface area (Å²) in [6.45, 7) is 9.00. The lowest BCUT2D eigenvalue weighted by Gasteiger charge is -2.24. The number of aliphatic hydroxyl groups excluding tert-OH is 1. The zero-order valence-electron chi connectivity index (χ0n) is 17.3. The predicted octanol–water partition coefficient (Wildman–Crippen LogP) is 2.63. The number of allylic oxidation sites excluding steroid dienone is 1. The van der Waals surface area contributed by atoms with Gasteiger partial charge in [-0.05, 0) is 42.9 Å². The fraction of sp³-hybridized carbons (Fsp3) is 0.591. The number of fused-ring (bicyclic) bond motifs is 1. The van der Waals surface area contributed by atoms with E-state index in [1.165, 1.54) is 6.92 Å². The molecule has 1 heterocycles. The van der Waals surface area contributed by atoms with Crippen LogP contribution in [0.5, 0.6) is 0 Å². The van der Waals surface area contributed by atoms with E-state index >= 15 is 0 Å². The number of hydrogen-bond donors (Lipinski definition) is 1. The van der Waals surface area contributed by atoms with Crippen LogP contribution in [-0.2, 0) is 28.6 Å². The van der Waals surface area contributed by atoms with Crippen molar-refractivity contribution in [1.82, 2.24) is 0 Å². The second-order valence-corrected chi connectivity index (χ2v) is 7.62. The SMILES string of the molecule is C=C1C(=O)O[C@H]2/C=C(/COC(C)=O)CC/C=C(/COC(=O)[C@H](C)CC)C[C@@H](O)[C@H]12. The van der Waals surface area contributed by atoms with Gasteiger partial charge in [-0.1, -0.05) is 26.5 Å². The molecule has 0 amide bonds. The summed E-state index contributed by atoms with van der Waals surface area (Å²) in [5.41, 5.74) is 1.77. The average Bonchev–Trinajstić information content (AvgIpc) is 2.95. The fourth-order valence-electron chi connectivity index (χ4n) is 3.36. The number of rotatable bonds is 6. The standard InChI is InChI=1S/C22H30O7/c1-5-13(2)21(25)28-12-16-7-6-8-17(11-27-15(4)23)10-19-20(18(24)9-16)14(3)22(26)29-19/h7,10,13,18-20,24H,3,5-6,8-9,11-12H2,1-2,4H3/b16-7+,17-10+/t13-,18-,19+,20+/m1/s1. The van der Waals surface area contributed by atoms with Crippen molar-refractivity contribution >= 4 is 17.9 Å². The Hall–Kier alpha value is -2.41. The van der Waals surface area contributed by atoms with E-state index in [4.69, 9.17) is 14.2 Å². The number of carbonyl (C=O) groups is 3. The monoisotopic (exact) mass is 406 g/mol. The van der Waals surface area contributed by atoms with Crippen LogP contribution in [-0.4, -0.2) is 48.4 Å². The molecule has 0 radical (unpaired) electrons. The lowest BCUT2D eigenvalue weighted by atomic mass is 9.85. The number of aliphatic hydroxyl groups is 1. The van der Waals surface area contributed by atoms with Gasteiger partial charge >= 0.3 is 17.9 Å². The molecule has 160 valence electrons. The molecule has 2 rings (SSSR count). The van der Waals surface area contributed by atoms with Crippen molar-refractivity contribution in [3.8, 4) is 0 Å². The summed E-state index contributed by atoms with van der Waals surface area (Å²) < 4.78 is 15.9. The summed E-state index contributed by atoms with van der Waals surface area (Å²) in [5, 5.41) is 10.8. The molecule has 1 aliphatic carbocycles. The molecule has 1 aliphatic heterocycles. The van der Waals surface area contributed by atoms with Crippen LogP contribution in [0, 0.1) is 11.8 Å². The first-order chi connectivity index (χ1) is 13.7. The number of esters is 3. The van der Waals surface area contributed by atoms with Crippen molar-refractivity contribution < 1.29 is 33.7 Å². The van der Waals surface area contributed by atoms with Crippen molar-refractivity contribution in [2.24, 2.45) is 11.8 Å². The molecule has 1 fully saturated rings. The maximum atomic E-state index is 12.0. The highest BCUT2D eigenvalue weighted by Gasteiger charge is 2.42. The Bertz CT molecular complexity index is 719. The van der Waals surface area contributed by atoms with Crippen LogP contribution in [0.3, 0.4) is 0 Å². The van der Waals surface area contributed by atoms with Crippen LogP contribution in [0.2, 0.25) is 0 Å². The average molecular weight is 406 g/mol. The van der Waals surface area contributed by atoms with Crippen LogP contribution >= 0.6 is 0 Å². The normalized spacial score (nSPS) is 29.4. The Morgan fingerprint density at radius 3 is 2.66 bits per heavy atom. The third-order valence-electron chi connectivity index (χ3n) is 5.32. The second-order valence-electron chi connectivity index (χ2n) is 7.62. The van der Waals surface area contributed by atoms with E-state index in [2.05, 4.69) is 6.58 Å². The van der Waals surface area contributed by atoms with Crippen molar-refractivity contribution in [3.63, 3.8) is 0 Å². The van der Waals surface area contributed by atoms with Gasteiger partial charge < -0.3 is 19.3 Å². The van der Waals surface area contributed by atoms with Gasteiger partial charge in [0, 0.05) is 12.5 Å². The topological polar surface area (TPSA) is 99.1 Å². The van der Waals surface area contributed by atoms with E-state index in [0.717, 1.165) is 11.1 Å². The van der Waals surface area contributed by atoms with Gasteiger partial charge in [-0.15, -0.1) is 0 Å². The van der Waals surface area contributed by atoms with Crippen LogP contribution < -0.4 is 0 Å². The highest BCUT2D eigenvalue weighted by Crippen LogP contribution is 2.34. The molecule has 1 N–H and O–H groups in total. The molecule has 0 saturated carbocycles. The van der Waals surface area contributed by atoms with Gasteiger partial charge in [0.1, 0.15) is 19.3 Å². The largest absolute Gasteiger partial charge is 0.461 e. The molecular formula is C22H30O7. The molecule has 0 aromatic carbocycles. The van der Waals surface area contributed by atoms with Gasteiger partial charge in [0.25, 0.3) is 0 Å².